The van der Waals surface area contributed by atoms with Crippen molar-refractivity contribution in [3.8, 4) is 0 Å². The maximum absolute atomic E-state index is 11.9. The monoisotopic (exact) mass is 237 g/mol. The average molecular weight is 237 g/mol. The number of aromatic nitrogens is 4. The SMILES string of the molecule is CC(C)c1nnsc1C(=O)Nc1ncc[nH]1. The molecule has 0 aromatic carbocycles. The zero-order valence-corrected chi connectivity index (χ0v) is 9.71. The third-order valence-electron chi connectivity index (χ3n) is 2.00. The van der Waals surface area contributed by atoms with Crippen LogP contribution in [0, 0.1) is 0 Å². The molecule has 2 aromatic rings. The van der Waals surface area contributed by atoms with Gasteiger partial charge in [0.15, 0.2) is 0 Å². The Balaban J connectivity index is 2.18. The van der Waals surface area contributed by atoms with Gasteiger partial charge in [0.05, 0.1) is 5.69 Å². The summed E-state index contributed by atoms with van der Waals surface area (Å²) in [5, 5.41) is 6.59. The van der Waals surface area contributed by atoms with Gasteiger partial charge >= 0.3 is 0 Å². The zero-order valence-electron chi connectivity index (χ0n) is 8.89. The lowest BCUT2D eigenvalue weighted by Gasteiger charge is -2.03. The van der Waals surface area contributed by atoms with Crippen molar-refractivity contribution >= 4 is 23.4 Å². The summed E-state index contributed by atoms with van der Waals surface area (Å²) in [5.74, 6) is 0.373. The van der Waals surface area contributed by atoms with Gasteiger partial charge in [0.25, 0.3) is 5.91 Å². The standard InChI is InChI=1S/C9H11N5OS/c1-5(2)6-7(16-14-13-6)8(15)12-9-10-3-4-11-9/h3-5H,1-2H3,(H2,10,11,12,15). The summed E-state index contributed by atoms with van der Waals surface area (Å²) in [6.45, 7) is 3.95. The van der Waals surface area contributed by atoms with Crippen LogP contribution in [-0.4, -0.2) is 25.5 Å². The molecular weight excluding hydrogens is 226 g/mol. The van der Waals surface area contributed by atoms with Crippen LogP contribution in [0.2, 0.25) is 0 Å². The van der Waals surface area contributed by atoms with E-state index >= 15 is 0 Å². The second-order valence-electron chi connectivity index (χ2n) is 3.53. The largest absolute Gasteiger partial charge is 0.331 e. The number of hydrogen-bond donors (Lipinski definition) is 2. The number of nitrogens with zero attached hydrogens (tertiary/aromatic N) is 3. The van der Waals surface area contributed by atoms with Gasteiger partial charge in [0.2, 0.25) is 5.95 Å². The molecule has 2 rings (SSSR count). The van der Waals surface area contributed by atoms with Crippen molar-refractivity contribution in [3.63, 3.8) is 0 Å². The molecule has 0 atom stereocenters. The lowest BCUT2D eigenvalue weighted by atomic mass is 10.1. The molecular formula is C9H11N5OS. The maximum atomic E-state index is 11.9. The predicted octanol–water partition coefficient (Wildman–Crippen LogP) is 1.64. The quantitative estimate of drug-likeness (QED) is 0.850. The number of imidazole rings is 1. The van der Waals surface area contributed by atoms with Crippen LogP contribution in [0.15, 0.2) is 12.4 Å². The lowest BCUT2D eigenvalue weighted by Crippen LogP contribution is -2.13. The zero-order chi connectivity index (χ0) is 11.5. The highest BCUT2D eigenvalue weighted by Gasteiger charge is 2.19. The van der Waals surface area contributed by atoms with Gasteiger partial charge in [-0.05, 0) is 17.5 Å². The van der Waals surface area contributed by atoms with Gasteiger partial charge in [0, 0.05) is 12.4 Å². The van der Waals surface area contributed by atoms with E-state index in [1.54, 1.807) is 12.4 Å². The summed E-state index contributed by atoms with van der Waals surface area (Å²) in [6, 6.07) is 0. The fourth-order valence-corrected chi connectivity index (χ4v) is 1.95. The second kappa shape index (κ2) is 4.40. The summed E-state index contributed by atoms with van der Waals surface area (Å²) < 4.78 is 3.79. The van der Waals surface area contributed by atoms with Crippen LogP contribution in [0.5, 0.6) is 0 Å². The van der Waals surface area contributed by atoms with Crippen molar-refractivity contribution in [1.29, 1.82) is 0 Å². The molecule has 7 heteroatoms. The minimum atomic E-state index is -0.228. The number of rotatable bonds is 3. The number of nitrogens with one attached hydrogen (secondary N) is 2. The fraction of sp³-hybridized carbons (Fsp3) is 0.333. The normalized spacial score (nSPS) is 10.7. The first-order valence-corrected chi connectivity index (χ1v) is 5.59. The fourth-order valence-electron chi connectivity index (χ4n) is 1.23. The number of aromatic amines is 1. The van der Waals surface area contributed by atoms with E-state index in [-0.39, 0.29) is 11.8 Å². The molecule has 2 heterocycles. The van der Waals surface area contributed by atoms with Crippen LogP contribution in [-0.2, 0) is 0 Å². The molecule has 0 bridgehead atoms. The molecule has 0 fully saturated rings. The smallest absolute Gasteiger partial charge is 0.271 e. The Morgan fingerprint density at radius 3 is 3.00 bits per heavy atom. The Morgan fingerprint density at radius 2 is 2.38 bits per heavy atom. The molecule has 0 spiro atoms. The van der Waals surface area contributed by atoms with Crippen molar-refractivity contribution in [3.05, 3.63) is 23.0 Å². The van der Waals surface area contributed by atoms with Crippen molar-refractivity contribution in [2.24, 2.45) is 0 Å². The van der Waals surface area contributed by atoms with Crippen LogP contribution >= 0.6 is 11.5 Å². The molecule has 0 unspecified atom stereocenters. The van der Waals surface area contributed by atoms with E-state index in [4.69, 9.17) is 0 Å². The lowest BCUT2D eigenvalue weighted by molar-refractivity contribution is 0.102. The Labute approximate surface area is 96.3 Å². The molecule has 0 saturated heterocycles. The molecule has 0 aliphatic carbocycles. The maximum Gasteiger partial charge on any atom is 0.271 e. The molecule has 0 radical (unpaired) electrons. The highest BCUT2D eigenvalue weighted by atomic mass is 32.1. The Kier molecular flexibility index (Phi) is 2.95. The van der Waals surface area contributed by atoms with Crippen molar-refractivity contribution in [2.75, 3.05) is 5.32 Å². The molecule has 1 amide bonds. The van der Waals surface area contributed by atoms with E-state index in [1.807, 2.05) is 13.8 Å². The number of carbonyl (C=O) groups is 1. The average Bonchev–Trinajstić information content (AvgIpc) is 2.86. The Bertz CT molecular complexity index is 476. The molecule has 0 saturated carbocycles. The van der Waals surface area contributed by atoms with Gasteiger partial charge in [-0.2, -0.15) is 0 Å². The number of H-pyrrole nitrogens is 1. The van der Waals surface area contributed by atoms with Gasteiger partial charge in [0.1, 0.15) is 4.88 Å². The first-order valence-electron chi connectivity index (χ1n) is 4.81. The Morgan fingerprint density at radius 1 is 1.56 bits per heavy atom. The molecule has 6 nitrogen and oxygen atoms in total. The molecule has 0 aliphatic heterocycles. The third-order valence-corrected chi connectivity index (χ3v) is 2.74. The molecule has 0 aliphatic rings. The number of carbonyl (C=O) groups excluding carboxylic acids is 1. The minimum absolute atomic E-state index is 0.177. The minimum Gasteiger partial charge on any atom is -0.331 e. The highest BCUT2D eigenvalue weighted by molar-refractivity contribution is 7.08. The number of amides is 1. The van der Waals surface area contributed by atoms with Crippen molar-refractivity contribution in [1.82, 2.24) is 19.6 Å². The predicted molar refractivity (Wildman–Crippen MR) is 60.5 cm³/mol. The van der Waals surface area contributed by atoms with Crippen molar-refractivity contribution < 1.29 is 4.79 Å². The molecule has 84 valence electrons. The summed E-state index contributed by atoms with van der Waals surface area (Å²) in [7, 11) is 0. The van der Waals surface area contributed by atoms with Crippen LogP contribution in [0.1, 0.15) is 35.1 Å². The van der Waals surface area contributed by atoms with Gasteiger partial charge < -0.3 is 4.98 Å². The van der Waals surface area contributed by atoms with E-state index in [0.29, 0.717) is 16.5 Å². The summed E-state index contributed by atoms with van der Waals surface area (Å²) in [5.41, 5.74) is 0.717. The van der Waals surface area contributed by atoms with Crippen LogP contribution in [0.3, 0.4) is 0 Å². The first-order chi connectivity index (χ1) is 7.68. The van der Waals surface area contributed by atoms with Crippen LogP contribution < -0.4 is 5.32 Å². The molecule has 16 heavy (non-hydrogen) atoms. The van der Waals surface area contributed by atoms with Crippen LogP contribution in [0.25, 0.3) is 0 Å². The third kappa shape index (κ3) is 2.08. The second-order valence-corrected chi connectivity index (χ2v) is 4.29. The van der Waals surface area contributed by atoms with Gasteiger partial charge in [-0.1, -0.05) is 18.3 Å². The van der Waals surface area contributed by atoms with E-state index < -0.39 is 0 Å². The van der Waals surface area contributed by atoms with Gasteiger partial charge in [-0.3, -0.25) is 10.1 Å². The molecule has 2 N–H and O–H groups in total. The summed E-state index contributed by atoms with van der Waals surface area (Å²) in [4.78, 5) is 19.1. The highest BCUT2D eigenvalue weighted by Crippen LogP contribution is 2.20. The van der Waals surface area contributed by atoms with Crippen molar-refractivity contribution in [2.45, 2.75) is 19.8 Å². The Hall–Kier alpha value is -1.76. The van der Waals surface area contributed by atoms with Gasteiger partial charge in [-0.15, -0.1) is 5.10 Å². The topological polar surface area (TPSA) is 83.6 Å². The summed E-state index contributed by atoms with van der Waals surface area (Å²) in [6.07, 6.45) is 3.22. The van der Waals surface area contributed by atoms with E-state index in [9.17, 15) is 4.79 Å². The summed E-state index contributed by atoms with van der Waals surface area (Å²) >= 11 is 1.09. The first kappa shape index (κ1) is 10.7. The molecule has 2 aromatic heterocycles. The van der Waals surface area contributed by atoms with Gasteiger partial charge in [-0.25, -0.2) is 4.98 Å². The van der Waals surface area contributed by atoms with E-state index in [1.165, 1.54) is 0 Å². The number of anilines is 1. The number of hydrogen-bond acceptors (Lipinski definition) is 5. The van der Waals surface area contributed by atoms with E-state index in [0.717, 1.165) is 11.5 Å². The van der Waals surface area contributed by atoms with Crippen LogP contribution in [0.4, 0.5) is 5.95 Å². The van der Waals surface area contributed by atoms with E-state index in [2.05, 4.69) is 24.9 Å².